The number of methoxy groups -OCH3 is 1. The molecule has 104 valence electrons. The number of esters is 1. The third kappa shape index (κ3) is 3.32. The molecule has 0 spiro atoms. The average molecular weight is 294 g/mol. The van der Waals surface area contributed by atoms with Gasteiger partial charge in [-0.15, -0.1) is 0 Å². The number of hydrogen-bond donors (Lipinski definition) is 2. The lowest BCUT2D eigenvalue weighted by atomic mass is 10.4. The number of aryl methyl sites for hydroxylation is 1. The quantitative estimate of drug-likeness (QED) is 0.585. The van der Waals surface area contributed by atoms with E-state index in [0.29, 0.717) is 5.69 Å². The maximum Gasteiger partial charge on any atom is 0.331 e. The van der Waals surface area contributed by atoms with Gasteiger partial charge >= 0.3 is 5.97 Å². The number of thioether (sulfide) groups is 1. The second-order valence-electron chi connectivity index (χ2n) is 3.72. The van der Waals surface area contributed by atoms with E-state index in [4.69, 9.17) is 0 Å². The van der Waals surface area contributed by atoms with Crippen molar-refractivity contribution in [2.75, 3.05) is 7.11 Å². The van der Waals surface area contributed by atoms with E-state index in [0.717, 1.165) is 17.8 Å². The molecule has 1 aliphatic rings. The Morgan fingerprint density at radius 3 is 2.90 bits per heavy atom. The van der Waals surface area contributed by atoms with Gasteiger partial charge in [-0.1, -0.05) is 0 Å². The third-order valence-corrected chi connectivity index (χ3v) is 3.08. The Kier molecular flexibility index (Phi) is 3.99. The Morgan fingerprint density at radius 1 is 1.50 bits per heavy atom. The first-order valence-electron chi connectivity index (χ1n) is 5.43. The van der Waals surface area contributed by atoms with Crippen molar-refractivity contribution in [3.63, 3.8) is 0 Å². The van der Waals surface area contributed by atoms with Crippen LogP contribution in [0, 0.1) is 6.92 Å². The zero-order valence-electron chi connectivity index (χ0n) is 10.6. The minimum Gasteiger partial charge on any atom is -0.466 e. The van der Waals surface area contributed by atoms with Crippen LogP contribution < -0.4 is 10.9 Å². The molecule has 1 aromatic heterocycles. The third-order valence-electron chi connectivity index (χ3n) is 2.17. The molecule has 0 bridgehead atoms. The van der Waals surface area contributed by atoms with Crippen molar-refractivity contribution in [3.05, 3.63) is 33.1 Å². The van der Waals surface area contributed by atoms with E-state index >= 15 is 0 Å². The average Bonchev–Trinajstić information content (AvgIpc) is 2.68. The number of amides is 1. The fraction of sp³-hybridized carbons (Fsp3) is 0.182. The fourth-order valence-corrected chi connectivity index (χ4v) is 2.14. The SMILES string of the molecule is COC(=O)/C=C1\S/C(=N/c2nc(C)cc(=O)[nH]2)NC1=O. The van der Waals surface area contributed by atoms with Crippen LogP contribution in [0.2, 0.25) is 0 Å². The Labute approximate surface area is 117 Å². The minimum atomic E-state index is -0.633. The molecule has 1 saturated heterocycles. The first-order chi connectivity index (χ1) is 9.47. The lowest BCUT2D eigenvalue weighted by molar-refractivity contribution is -0.135. The normalized spacial score (nSPS) is 18.4. The number of nitrogens with one attached hydrogen (secondary N) is 2. The number of aliphatic imine (C=N–C) groups is 1. The van der Waals surface area contributed by atoms with Crippen LogP contribution in [0.5, 0.6) is 0 Å². The molecule has 1 fully saturated rings. The molecule has 0 aromatic carbocycles. The molecule has 0 unspecified atom stereocenters. The van der Waals surface area contributed by atoms with Crippen molar-refractivity contribution in [3.8, 4) is 0 Å². The molecule has 0 saturated carbocycles. The maximum atomic E-state index is 11.6. The highest BCUT2D eigenvalue weighted by atomic mass is 32.2. The van der Waals surface area contributed by atoms with Crippen LogP contribution >= 0.6 is 11.8 Å². The summed E-state index contributed by atoms with van der Waals surface area (Å²) in [6, 6.07) is 1.33. The number of carbonyl (C=O) groups excluding carboxylic acids is 2. The summed E-state index contributed by atoms with van der Waals surface area (Å²) in [4.78, 5) is 44.5. The van der Waals surface area contributed by atoms with Gasteiger partial charge in [0.1, 0.15) is 0 Å². The van der Waals surface area contributed by atoms with Gasteiger partial charge in [0.15, 0.2) is 5.17 Å². The molecular weight excluding hydrogens is 284 g/mol. The number of carbonyl (C=O) groups is 2. The summed E-state index contributed by atoms with van der Waals surface area (Å²) < 4.78 is 4.44. The molecule has 20 heavy (non-hydrogen) atoms. The van der Waals surface area contributed by atoms with Crippen molar-refractivity contribution in [2.24, 2.45) is 4.99 Å². The summed E-state index contributed by atoms with van der Waals surface area (Å²) in [5.74, 6) is -1.02. The van der Waals surface area contributed by atoms with Crippen molar-refractivity contribution < 1.29 is 14.3 Å². The van der Waals surface area contributed by atoms with E-state index < -0.39 is 11.9 Å². The second kappa shape index (κ2) is 5.70. The number of ether oxygens (including phenoxy) is 1. The van der Waals surface area contributed by atoms with E-state index in [1.807, 2.05) is 0 Å². The summed E-state index contributed by atoms with van der Waals surface area (Å²) in [5.41, 5.74) is 0.171. The Hall–Kier alpha value is -2.42. The molecule has 2 N–H and O–H groups in total. The largest absolute Gasteiger partial charge is 0.466 e. The van der Waals surface area contributed by atoms with Crippen LogP contribution in [-0.2, 0) is 14.3 Å². The summed E-state index contributed by atoms with van der Waals surface area (Å²) in [6.07, 6.45) is 1.06. The fourth-order valence-electron chi connectivity index (χ4n) is 1.36. The maximum absolute atomic E-state index is 11.6. The van der Waals surface area contributed by atoms with Gasteiger partial charge in [0, 0.05) is 17.8 Å². The van der Waals surface area contributed by atoms with Gasteiger partial charge in [0.2, 0.25) is 5.95 Å². The predicted molar refractivity (Wildman–Crippen MR) is 72.5 cm³/mol. The van der Waals surface area contributed by atoms with E-state index in [1.165, 1.54) is 13.2 Å². The summed E-state index contributed by atoms with van der Waals surface area (Å²) in [7, 11) is 1.22. The first-order valence-corrected chi connectivity index (χ1v) is 6.25. The zero-order valence-corrected chi connectivity index (χ0v) is 11.4. The Bertz CT molecular complexity index is 692. The molecule has 0 atom stereocenters. The number of amidine groups is 1. The van der Waals surface area contributed by atoms with Crippen LogP contribution in [0.15, 0.2) is 26.8 Å². The van der Waals surface area contributed by atoms with Gasteiger partial charge in [-0.2, -0.15) is 4.99 Å². The number of aromatic amines is 1. The standard InChI is InChI=1S/C11H10N4O4S/c1-5-3-7(16)13-10(12-5)15-11-14-9(18)6(20-11)4-8(17)19-2/h3-4H,1-2H3,(H2,12,13,14,15,16,18)/b6-4-. The lowest BCUT2D eigenvalue weighted by Gasteiger charge is -1.96. The second-order valence-corrected chi connectivity index (χ2v) is 4.75. The molecule has 8 nitrogen and oxygen atoms in total. The molecule has 1 aromatic rings. The molecule has 2 heterocycles. The van der Waals surface area contributed by atoms with Crippen molar-refractivity contribution >= 4 is 34.8 Å². The molecule has 0 aliphatic carbocycles. The van der Waals surface area contributed by atoms with Gasteiger partial charge in [0.05, 0.1) is 12.0 Å². The Morgan fingerprint density at radius 2 is 2.25 bits per heavy atom. The monoisotopic (exact) mass is 294 g/mol. The molecule has 1 aliphatic heterocycles. The van der Waals surface area contributed by atoms with Gasteiger partial charge in [-0.3, -0.25) is 14.6 Å². The van der Waals surface area contributed by atoms with Crippen LogP contribution in [0.25, 0.3) is 0 Å². The molecule has 9 heteroatoms. The van der Waals surface area contributed by atoms with Crippen molar-refractivity contribution in [2.45, 2.75) is 6.92 Å². The van der Waals surface area contributed by atoms with Crippen molar-refractivity contribution in [1.29, 1.82) is 0 Å². The van der Waals surface area contributed by atoms with Crippen LogP contribution in [0.3, 0.4) is 0 Å². The number of rotatable bonds is 2. The lowest BCUT2D eigenvalue weighted by Crippen LogP contribution is -2.20. The van der Waals surface area contributed by atoms with Crippen LogP contribution in [0.1, 0.15) is 5.69 Å². The topological polar surface area (TPSA) is 114 Å². The smallest absolute Gasteiger partial charge is 0.331 e. The highest BCUT2D eigenvalue weighted by Crippen LogP contribution is 2.24. The van der Waals surface area contributed by atoms with Crippen LogP contribution in [0.4, 0.5) is 5.95 Å². The van der Waals surface area contributed by atoms with Crippen molar-refractivity contribution in [1.82, 2.24) is 15.3 Å². The summed E-state index contributed by atoms with van der Waals surface area (Å²) in [5, 5.41) is 2.68. The molecule has 0 radical (unpaired) electrons. The summed E-state index contributed by atoms with van der Waals surface area (Å²) in [6.45, 7) is 1.65. The number of aromatic nitrogens is 2. The molecular formula is C11H10N4O4S. The predicted octanol–water partition coefficient (Wildman–Crippen LogP) is -0.0143. The zero-order chi connectivity index (χ0) is 14.7. The van der Waals surface area contributed by atoms with Gasteiger partial charge < -0.3 is 10.1 Å². The van der Waals surface area contributed by atoms with E-state index in [9.17, 15) is 14.4 Å². The number of H-pyrrole nitrogens is 1. The van der Waals surface area contributed by atoms with Gasteiger partial charge in [-0.05, 0) is 18.7 Å². The number of hydrogen-bond acceptors (Lipinski definition) is 7. The van der Waals surface area contributed by atoms with E-state index in [1.54, 1.807) is 6.92 Å². The summed E-state index contributed by atoms with van der Waals surface area (Å²) >= 11 is 0.957. The van der Waals surface area contributed by atoms with Crippen LogP contribution in [-0.4, -0.2) is 34.1 Å². The van der Waals surface area contributed by atoms with Gasteiger partial charge in [-0.25, -0.2) is 9.78 Å². The molecule has 2 rings (SSSR count). The number of nitrogens with zero attached hydrogens (tertiary/aromatic N) is 2. The Balaban J connectivity index is 2.25. The first kappa shape index (κ1) is 14.0. The highest BCUT2D eigenvalue weighted by Gasteiger charge is 2.25. The highest BCUT2D eigenvalue weighted by molar-refractivity contribution is 8.18. The van der Waals surface area contributed by atoms with Gasteiger partial charge in [0.25, 0.3) is 11.5 Å². The molecule has 1 amide bonds. The van der Waals surface area contributed by atoms with E-state index in [2.05, 4.69) is 25.0 Å². The van der Waals surface area contributed by atoms with E-state index in [-0.39, 0.29) is 21.6 Å². The minimum absolute atomic E-state index is 0.0807.